The van der Waals surface area contributed by atoms with E-state index in [-0.39, 0.29) is 11.9 Å². The summed E-state index contributed by atoms with van der Waals surface area (Å²) in [5.74, 6) is 0.549. The smallest absolute Gasteiger partial charge is 0.171 e. The number of para-hydroxylation sites is 1. The largest absolute Gasteiger partial charge is 0.491 e. The van der Waals surface area contributed by atoms with Crippen LogP contribution in [0.1, 0.15) is 6.92 Å². The summed E-state index contributed by atoms with van der Waals surface area (Å²) in [4.78, 5) is 0. The van der Waals surface area contributed by atoms with Gasteiger partial charge in [0.15, 0.2) is 5.11 Å². The number of nitrogens with one attached hydrogen (secondary N) is 2. The zero-order valence-corrected chi connectivity index (χ0v) is 12.5. The van der Waals surface area contributed by atoms with E-state index in [0.717, 1.165) is 11.4 Å². The van der Waals surface area contributed by atoms with Crippen molar-refractivity contribution in [2.24, 2.45) is 0 Å². The maximum Gasteiger partial charge on any atom is 0.171 e. The third-order valence-corrected chi connectivity index (χ3v) is 2.94. The van der Waals surface area contributed by atoms with Gasteiger partial charge in [-0.2, -0.15) is 0 Å². The van der Waals surface area contributed by atoms with Crippen molar-refractivity contribution in [1.29, 1.82) is 0 Å². The number of rotatable bonds is 5. The second kappa shape index (κ2) is 7.59. The van der Waals surface area contributed by atoms with E-state index in [9.17, 15) is 4.39 Å². The maximum absolute atomic E-state index is 12.8. The summed E-state index contributed by atoms with van der Waals surface area (Å²) in [6.45, 7) is 2.47. The molecule has 0 saturated carbocycles. The number of hydrogen-bond donors (Lipinski definition) is 2. The molecule has 0 saturated heterocycles. The third-order valence-electron chi connectivity index (χ3n) is 2.72. The highest BCUT2D eigenvalue weighted by Gasteiger charge is 2.05. The van der Waals surface area contributed by atoms with E-state index in [1.807, 2.05) is 37.3 Å². The van der Waals surface area contributed by atoms with Gasteiger partial charge >= 0.3 is 0 Å². The highest BCUT2D eigenvalue weighted by Crippen LogP contribution is 2.09. The van der Waals surface area contributed by atoms with E-state index in [4.69, 9.17) is 17.0 Å². The van der Waals surface area contributed by atoms with Crippen LogP contribution in [0.15, 0.2) is 54.6 Å². The SMILES string of the molecule is C[C@@H](COc1ccccc1)NC(=S)Nc1ccc(F)cc1. The molecule has 0 heterocycles. The number of halogens is 1. The Balaban J connectivity index is 1.75. The Morgan fingerprint density at radius 1 is 1.14 bits per heavy atom. The molecule has 3 nitrogen and oxygen atoms in total. The summed E-state index contributed by atoms with van der Waals surface area (Å²) < 4.78 is 18.4. The van der Waals surface area contributed by atoms with Crippen molar-refractivity contribution < 1.29 is 9.13 Å². The van der Waals surface area contributed by atoms with Gasteiger partial charge in [0.1, 0.15) is 18.2 Å². The van der Waals surface area contributed by atoms with Gasteiger partial charge in [-0.1, -0.05) is 18.2 Å². The third kappa shape index (κ3) is 5.39. The van der Waals surface area contributed by atoms with E-state index in [1.165, 1.54) is 12.1 Å². The minimum Gasteiger partial charge on any atom is -0.491 e. The van der Waals surface area contributed by atoms with Gasteiger partial charge in [-0.15, -0.1) is 0 Å². The monoisotopic (exact) mass is 304 g/mol. The topological polar surface area (TPSA) is 33.3 Å². The molecule has 2 aromatic rings. The van der Waals surface area contributed by atoms with Crippen molar-refractivity contribution in [1.82, 2.24) is 5.32 Å². The number of benzene rings is 2. The molecule has 0 radical (unpaired) electrons. The fraction of sp³-hybridized carbons (Fsp3) is 0.188. The first-order chi connectivity index (χ1) is 10.1. The minimum atomic E-state index is -0.274. The average molecular weight is 304 g/mol. The van der Waals surface area contributed by atoms with Crippen LogP contribution in [0, 0.1) is 5.82 Å². The van der Waals surface area contributed by atoms with Crippen molar-refractivity contribution in [2.45, 2.75) is 13.0 Å². The molecule has 2 rings (SSSR count). The van der Waals surface area contributed by atoms with Crippen LogP contribution in [0.5, 0.6) is 5.75 Å². The lowest BCUT2D eigenvalue weighted by Crippen LogP contribution is -2.39. The Bertz CT molecular complexity index is 575. The van der Waals surface area contributed by atoms with Gasteiger partial charge in [0.05, 0.1) is 6.04 Å². The molecule has 0 fully saturated rings. The first kappa shape index (κ1) is 15.3. The molecular formula is C16H17FN2OS. The summed E-state index contributed by atoms with van der Waals surface area (Å²) in [7, 11) is 0. The lowest BCUT2D eigenvalue weighted by molar-refractivity contribution is 0.287. The molecule has 0 unspecified atom stereocenters. The maximum atomic E-state index is 12.8. The quantitative estimate of drug-likeness (QED) is 0.827. The lowest BCUT2D eigenvalue weighted by atomic mass is 10.3. The molecule has 0 bridgehead atoms. The van der Waals surface area contributed by atoms with Crippen molar-refractivity contribution in [3.05, 3.63) is 60.4 Å². The minimum absolute atomic E-state index is 0.0469. The Morgan fingerprint density at radius 2 is 1.81 bits per heavy atom. The summed E-state index contributed by atoms with van der Waals surface area (Å²) in [6, 6.07) is 15.7. The fourth-order valence-electron chi connectivity index (χ4n) is 1.70. The second-order valence-corrected chi connectivity index (χ2v) is 5.04. The zero-order chi connectivity index (χ0) is 15.1. The highest BCUT2D eigenvalue weighted by molar-refractivity contribution is 7.80. The molecule has 0 amide bonds. The number of thiocarbonyl (C=S) groups is 1. The van der Waals surface area contributed by atoms with E-state index in [2.05, 4.69) is 10.6 Å². The van der Waals surface area contributed by atoms with Gasteiger partial charge in [0.25, 0.3) is 0 Å². The Hall–Kier alpha value is -2.14. The summed E-state index contributed by atoms with van der Waals surface area (Å²) in [5, 5.41) is 6.59. The Morgan fingerprint density at radius 3 is 2.48 bits per heavy atom. The van der Waals surface area contributed by atoms with Crippen LogP contribution in [0.4, 0.5) is 10.1 Å². The van der Waals surface area contributed by atoms with Crippen LogP contribution in [0.3, 0.4) is 0 Å². The lowest BCUT2D eigenvalue weighted by Gasteiger charge is -2.17. The molecular weight excluding hydrogens is 287 g/mol. The van der Waals surface area contributed by atoms with Crippen LogP contribution >= 0.6 is 12.2 Å². The van der Waals surface area contributed by atoms with E-state index >= 15 is 0 Å². The van der Waals surface area contributed by atoms with Crippen LogP contribution in [0.25, 0.3) is 0 Å². The molecule has 0 spiro atoms. The molecule has 21 heavy (non-hydrogen) atoms. The standard InChI is InChI=1S/C16H17FN2OS/c1-12(11-20-15-5-3-2-4-6-15)18-16(21)19-14-9-7-13(17)8-10-14/h2-10,12H,11H2,1H3,(H2,18,19,21)/t12-/m0/s1. The normalized spacial score (nSPS) is 11.5. The second-order valence-electron chi connectivity index (χ2n) is 4.63. The predicted molar refractivity (Wildman–Crippen MR) is 87.2 cm³/mol. The van der Waals surface area contributed by atoms with Crippen molar-refractivity contribution in [3.63, 3.8) is 0 Å². The van der Waals surface area contributed by atoms with Crippen LogP contribution in [-0.2, 0) is 0 Å². The van der Waals surface area contributed by atoms with E-state index in [0.29, 0.717) is 11.7 Å². The molecule has 1 atom stereocenters. The molecule has 0 aliphatic rings. The number of hydrogen-bond acceptors (Lipinski definition) is 2. The molecule has 2 N–H and O–H groups in total. The first-order valence-corrected chi connectivity index (χ1v) is 7.05. The molecule has 0 aliphatic heterocycles. The van der Waals surface area contributed by atoms with Crippen LogP contribution in [-0.4, -0.2) is 17.8 Å². The van der Waals surface area contributed by atoms with Gasteiger partial charge in [-0.25, -0.2) is 4.39 Å². The average Bonchev–Trinajstić information content (AvgIpc) is 2.48. The van der Waals surface area contributed by atoms with E-state index in [1.54, 1.807) is 12.1 Å². The fourth-order valence-corrected chi connectivity index (χ4v) is 2.02. The van der Waals surface area contributed by atoms with Gasteiger partial charge in [-0.05, 0) is 55.5 Å². The Labute approximate surface area is 129 Å². The molecule has 0 aromatic heterocycles. The summed E-state index contributed by atoms with van der Waals surface area (Å²) in [5.41, 5.74) is 0.741. The van der Waals surface area contributed by atoms with Crippen molar-refractivity contribution >= 4 is 23.0 Å². The van der Waals surface area contributed by atoms with Gasteiger partial charge in [0, 0.05) is 5.69 Å². The van der Waals surface area contributed by atoms with Gasteiger partial charge in [0.2, 0.25) is 0 Å². The van der Waals surface area contributed by atoms with Crippen LogP contribution in [0.2, 0.25) is 0 Å². The van der Waals surface area contributed by atoms with E-state index < -0.39 is 0 Å². The van der Waals surface area contributed by atoms with Gasteiger partial charge in [-0.3, -0.25) is 0 Å². The summed E-state index contributed by atoms with van der Waals surface area (Å²) in [6.07, 6.45) is 0. The Kier molecular flexibility index (Phi) is 5.51. The zero-order valence-electron chi connectivity index (χ0n) is 11.7. The molecule has 5 heteroatoms. The number of ether oxygens (including phenoxy) is 1. The first-order valence-electron chi connectivity index (χ1n) is 6.64. The molecule has 110 valence electrons. The molecule has 2 aromatic carbocycles. The molecule has 0 aliphatic carbocycles. The van der Waals surface area contributed by atoms with Gasteiger partial charge < -0.3 is 15.4 Å². The number of anilines is 1. The summed E-state index contributed by atoms with van der Waals surface area (Å²) >= 11 is 5.20. The van der Waals surface area contributed by atoms with Crippen molar-refractivity contribution in [2.75, 3.05) is 11.9 Å². The predicted octanol–water partition coefficient (Wildman–Crippen LogP) is 3.58. The highest BCUT2D eigenvalue weighted by atomic mass is 32.1. The van der Waals surface area contributed by atoms with Crippen LogP contribution < -0.4 is 15.4 Å². The van der Waals surface area contributed by atoms with Crippen molar-refractivity contribution in [3.8, 4) is 5.75 Å².